The summed E-state index contributed by atoms with van der Waals surface area (Å²) < 4.78 is 8.01. The molecule has 5 nitrogen and oxygen atoms in total. The molecule has 0 bridgehead atoms. The lowest BCUT2D eigenvalue weighted by Crippen LogP contribution is -2.42. The smallest absolute Gasteiger partial charge is 0.267 e. The van der Waals surface area contributed by atoms with Crippen molar-refractivity contribution < 1.29 is 9.53 Å². The Morgan fingerprint density at radius 1 is 1.18 bits per heavy atom. The molecule has 0 unspecified atom stereocenters. The van der Waals surface area contributed by atoms with Gasteiger partial charge in [-0.2, -0.15) is 0 Å². The third-order valence-electron chi connectivity index (χ3n) is 4.48. The van der Waals surface area contributed by atoms with E-state index >= 15 is 0 Å². The van der Waals surface area contributed by atoms with Crippen LogP contribution in [0.2, 0.25) is 5.02 Å². The summed E-state index contributed by atoms with van der Waals surface area (Å²) in [5.74, 6) is 1.44. The zero-order valence-electron chi connectivity index (χ0n) is 15.6. The standard InChI is InChI=1S/C21H20ClN3O2S/c1-21(2,27-17-9-5-15(22)6-10-17)19(26)23-16-7-3-14(4-8-16)18-13-25-11-12-28-20(25)24-18/h3-10,13H,11-12H2,1-2H3,(H,23,26). The molecule has 0 saturated heterocycles. The number of fused-ring (bicyclic) bond motifs is 1. The number of hydrogen-bond donors (Lipinski definition) is 1. The summed E-state index contributed by atoms with van der Waals surface area (Å²) in [5.41, 5.74) is 1.65. The van der Waals surface area contributed by atoms with Crippen molar-refractivity contribution in [3.05, 3.63) is 59.8 Å². The monoisotopic (exact) mass is 413 g/mol. The van der Waals surface area contributed by atoms with Gasteiger partial charge < -0.3 is 14.6 Å². The number of benzene rings is 2. The van der Waals surface area contributed by atoms with Crippen LogP contribution >= 0.6 is 23.4 Å². The lowest BCUT2D eigenvalue weighted by molar-refractivity contribution is -0.128. The number of halogens is 1. The Labute approximate surface area is 173 Å². The molecule has 0 fully saturated rings. The molecule has 0 radical (unpaired) electrons. The highest BCUT2D eigenvalue weighted by Gasteiger charge is 2.30. The van der Waals surface area contributed by atoms with Gasteiger partial charge in [-0.15, -0.1) is 0 Å². The number of carbonyl (C=O) groups excluding carboxylic acids is 1. The topological polar surface area (TPSA) is 56.1 Å². The normalized spacial score (nSPS) is 13.2. The van der Waals surface area contributed by atoms with Gasteiger partial charge in [-0.25, -0.2) is 4.98 Å². The minimum Gasteiger partial charge on any atom is -0.478 e. The zero-order valence-corrected chi connectivity index (χ0v) is 17.2. The molecule has 4 rings (SSSR count). The molecular weight excluding hydrogens is 394 g/mol. The van der Waals surface area contributed by atoms with Crippen molar-refractivity contribution in [2.75, 3.05) is 11.1 Å². The van der Waals surface area contributed by atoms with E-state index in [1.54, 1.807) is 49.9 Å². The Bertz CT molecular complexity index is 976. The molecule has 1 aliphatic rings. The van der Waals surface area contributed by atoms with Crippen LogP contribution in [0.3, 0.4) is 0 Å². The Hall–Kier alpha value is -2.44. The fraction of sp³-hybridized carbons (Fsp3) is 0.238. The first-order valence-corrected chi connectivity index (χ1v) is 10.3. The third kappa shape index (κ3) is 4.03. The zero-order chi connectivity index (χ0) is 19.7. The summed E-state index contributed by atoms with van der Waals surface area (Å²) >= 11 is 7.66. The van der Waals surface area contributed by atoms with E-state index in [1.165, 1.54) is 0 Å². The van der Waals surface area contributed by atoms with E-state index in [4.69, 9.17) is 16.3 Å². The van der Waals surface area contributed by atoms with E-state index in [2.05, 4.69) is 21.1 Å². The summed E-state index contributed by atoms with van der Waals surface area (Å²) in [6.07, 6.45) is 2.08. The number of amides is 1. The quantitative estimate of drug-likeness (QED) is 0.631. The van der Waals surface area contributed by atoms with Crippen molar-refractivity contribution >= 4 is 35.0 Å². The van der Waals surface area contributed by atoms with Gasteiger partial charge in [0.2, 0.25) is 0 Å². The highest BCUT2D eigenvalue weighted by molar-refractivity contribution is 7.99. The van der Waals surface area contributed by atoms with Crippen molar-refractivity contribution in [3.8, 4) is 17.0 Å². The Kier molecular flexibility index (Phi) is 5.08. The maximum atomic E-state index is 12.7. The molecule has 2 aromatic carbocycles. The molecule has 144 valence electrons. The van der Waals surface area contributed by atoms with E-state index in [1.807, 2.05) is 24.3 Å². The van der Waals surface area contributed by atoms with Gasteiger partial charge in [-0.05, 0) is 50.2 Å². The van der Waals surface area contributed by atoms with E-state index in [0.29, 0.717) is 16.5 Å². The molecule has 7 heteroatoms. The van der Waals surface area contributed by atoms with Crippen LogP contribution in [0, 0.1) is 0 Å². The maximum Gasteiger partial charge on any atom is 0.267 e. The predicted molar refractivity (Wildman–Crippen MR) is 113 cm³/mol. The van der Waals surface area contributed by atoms with Gasteiger partial charge in [0.15, 0.2) is 10.8 Å². The van der Waals surface area contributed by atoms with Crippen LogP contribution < -0.4 is 10.1 Å². The lowest BCUT2D eigenvalue weighted by atomic mass is 10.1. The van der Waals surface area contributed by atoms with Crippen molar-refractivity contribution in [2.24, 2.45) is 0 Å². The van der Waals surface area contributed by atoms with Crippen LogP contribution in [0.4, 0.5) is 5.69 Å². The van der Waals surface area contributed by atoms with Gasteiger partial charge in [0, 0.05) is 34.8 Å². The molecule has 1 amide bonds. The second kappa shape index (κ2) is 7.53. The van der Waals surface area contributed by atoms with Crippen molar-refractivity contribution in [1.82, 2.24) is 9.55 Å². The first-order valence-electron chi connectivity index (χ1n) is 8.97. The SMILES string of the molecule is CC(C)(Oc1ccc(Cl)cc1)C(=O)Nc1ccc(-c2cn3c(n2)SCC3)cc1. The second-order valence-electron chi connectivity index (χ2n) is 7.05. The number of anilines is 1. The number of ether oxygens (including phenoxy) is 1. The number of carbonyl (C=O) groups is 1. The number of hydrogen-bond acceptors (Lipinski definition) is 4. The largest absolute Gasteiger partial charge is 0.478 e. The average molecular weight is 414 g/mol. The Morgan fingerprint density at radius 2 is 1.89 bits per heavy atom. The number of imidazole rings is 1. The van der Waals surface area contributed by atoms with Crippen LogP contribution in [0.1, 0.15) is 13.8 Å². The first kappa shape index (κ1) is 18.9. The van der Waals surface area contributed by atoms with E-state index in [-0.39, 0.29) is 5.91 Å². The van der Waals surface area contributed by atoms with Crippen molar-refractivity contribution in [1.29, 1.82) is 0 Å². The fourth-order valence-corrected chi connectivity index (χ4v) is 3.97. The van der Waals surface area contributed by atoms with Gasteiger partial charge >= 0.3 is 0 Å². The van der Waals surface area contributed by atoms with Gasteiger partial charge in [0.05, 0.1) is 5.69 Å². The molecule has 1 N–H and O–H groups in total. The molecule has 28 heavy (non-hydrogen) atoms. The first-order chi connectivity index (χ1) is 13.4. The number of rotatable bonds is 5. The van der Waals surface area contributed by atoms with E-state index < -0.39 is 5.60 Å². The molecular formula is C21H20ClN3O2S. The van der Waals surface area contributed by atoms with Gasteiger partial charge in [-0.1, -0.05) is 35.5 Å². The summed E-state index contributed by atoms with van der Waals surface area (Å²) in [7, 11) is 0. The van der Waals surface area contributed by atoms with E-state index in [0.717, 1.165) is 28.7 Å². The van der Waals surface area contributed by atoms with Crippen LogP contribution in [-0.4, -0.2) is 26.8 Å². The molecule has 0 spiro atoms. The molecule has 0 aliphatic carbocycles. The Balaban J connectivity index is 1.42. The van der Waals surface area contributed by atoms with Crippen LogP contribution in [0.25, 0.3) is 11.3 Å². The maximum absolute atomic E-state index is 12.7. The highest BCUT2D eigenvalue weighted by Crippen LogP contribution is 2.29. The minimum atomic E-state index is -1.03. The third-order valence-corrected chi connectivity index (χ3v) is 5.70. The second-order valence-corrected chi connectivity index (χ2v) is 8.55. The summed E-state index contributed by atoms with van der Waals surface area (Å²) in [4.78, 5) is 17.3. The summed E-state index contributed by atoms with van der Waals surface area (Å²) in [6, 6.07) is 14.6. The highest BCUT2D eigenvalue weighted by atomic mass is 35.5. The average Bonchev–Trinajstić information content (AvgIpc) is 3.26. The van der Waals surface area contributed by atoms with Gasteiger partial charge in [0.1, 0.15) is 5.75 Å². The fourth-order valence-electron chi connectivity index (χ4n) is 2.90. The lowest BCUT2D eigenvalue weighted by Gasteiger charge is -2.25. The number of thioether (sulfide) groups is 1. The Morgan fingerprint density at radius 3 is 2.57 bits per heavy atom. The molecule has 3 aromatic rings. The number of aryl methyl sites for hydroxylation is 1. The molecule has 0 saturated carbocycles. The van der Waals surface area contributed by atoms with Gasteiger partial charge in [-0.3, -0.25) is 4.79 Å². The number of nitrogens with one attached hydrogen (secondary N) is 1. The number of nitrogens with zero attached hydrogens (tertiary/aromatic N) is 2. The van der Waals surface area contributed by atoms with Crippen LogP contribution in [-0.2, 0) is 11.3 Å². The van der Waals surface area contributed by atoms with Crippen molar-refractivity contribution in [2.45, 2.75) is 31.1 Å². The molecule has 0 atom stereocenters. The molecule has 1 aliphatic heterocycles. The minimum absolute atomic E-state index is 0.229. The number of aromatic nitrogens is 2. The summed E-state index contributed by atoms with van der Waals surface area (Å²) in [6.45, 7) is 4.47. The van der Waals surface area contributed by atoms with Gasteiger partial charge in [0.25, 0.3) is 5.91 Å². The predicted octanol–water partition coefficient (Wildman–Crippen LogP) is 5.11. The van der Waals surface area contributed by atoms with Crippen molar-refractivity contribution in [3.63, 3.8) is 0 Å². The summed E-state index contributed by atoms with van der Waals surface area (Å²) in [5, 5.41) is 4.60. The van der Waals surface area contributed by atoms with Crippen LogP contribution in [0.15, 0.2) is 59.9 Å². The van der Waals surface area contributed by atoms with E-state index in [9.17, 15) is 4.79 Å². The molecule has 2 heterocycles. The van der Waals surface area contributed by atoms with Crippen LogP contribution in [0.5, 0.6) is 5.75 Å². The molecule has 1 aromatic heterocycles.